The summed E-state index contributed by atoms with van der Waals surface area (Å²) in [6.45, 7) is 2.57. The Kier molecular flexibility index (Phi) is 4.35. The second-order valence-corrected chi connectivity index (χ2v) is 5.23. The summed E-state index contributed by atoms with van der Waals surface area (Å²) in [6, 6.07) is 0.401. The molecule has 1 saturated carbocycles. The van der Waals surface area contributed by atoms with Crippen LogP contribution in [0.3, 0.4) is 0 Å². The number of nitrogens with one attached hydrogen (secondary N) is 2. The first-order valence-electron chi connectivity index (χ1n) is 6.36. The van der Waals surface area contributed by atoms with Gasteiger partial charge < -0.3 is 10.6 Å². The Morgan fingerprint density at radius 1 is 1.44 bits per heavy atom. The summed E-state index contributed by atoms with van der Waals surface area (Å²) in [5.74, 6) is 0.639. The molecule has 7 heteroatoms. The Morgan fingerprint density at radius 3 is 2.78 bits per heavy atom. The van der Waals surface area contributed by atoms with Crippen LogP contribution in [-0.4, -0.2) is 21.9 Å². The fraction of sp³-hybridized carbons (Fsp3) is 0.727. The summed E-state index contributed by atoms with van der Waals surface area (Å²) in [7, 11) is 0. The highest BCUT2D eigenvalue weighted by Gasteiger charge is 2.24. The van der Waals surface area contributed by atoms with E-state index in [-0.39, 0.29) is 9.92 Å². The third-order valence-corrected chi connectivity index (χ3v) is 3.94. The molecule has 1 aliphatic carbocycles. The summed E-state index contributed by atoms with van der Waals surface area (Å²) in [4.78, 5) is 10.5. The van der Waals surface area contributed by atoms with Gasteiger partial charge >= 0.3 is 5.00 Å². The molecule has 0 radical (unpaired) electrons. The van der Waals surface area contributed by atoms with E-state index in [0.717, 1.165) is 24.4 Å². The normalized spacial score (nSPS) is 16.5. The molecule has 1 fully saturated rings. The van der Waals surface area contributed by atoms with Crippen LogP contribution in [0.15, 0.2) is 0 Å². The molecule has 2 N–H and O–H groups in total. The zero-order valence-electron chi connectivity index (χ0n) is 10.4. The standard InChI is InChI=1S/C11H18N4O2S/c1-2-12-9-10(14-18-11(9)15(16)17)13-8-6-4-3-5-7-8/h8,12H,2-7H2,1H3,(H,13,14). The molecule has 2 rings (SSSR count). The molecule has 1 heterocycles. The Hall–Kier alpha value is -1.37. The van der Waals surface area contributed by atoms with Gasteiger partial charge in [-0.25, -0.2) is 0 Å². The number of anilines is 2. The lowest BCUT2D eigenvalue weighted by atomic mass is 9.95. The molecule has 0 amide bonds. The number of hydrogen-bond donors (Lipinski definition) is 2. The van der Waals surface area contributed by atoms with E-state index >= 15 is 0 Å². The predicted octanol–water partition coefficient (Wildman–Crippen LogP) is 3.23. The van der Waals surface area contributed by atoms with E-state index in [1.165, 1.54) is 19.3 Å². The molecule has 0 atom stereocenters. The molecule has 0 saturated heterocycles. The van der Waals surface area contributed by atoms with Gasteiger partial charge in [0.2, 0.25) is 0 Å². The maximum Gasteiger partial charge on any atom is 0.368 e. The number of nitrogens with zero attached hydrogens (tertiary/aromatic N) is 2. The molecule has 0 aliphatic heterocycles. The Bertz CT molecular complexity index is 415. The Labute approximate surface area is 110 Å². The van der Waals surface area contributed by atoms with E-state index in [2.05, 4.69) is 15.0 Å². The van der Waals surface area contributed by atoms with Crippen LogP contribution in [0.1, 0.15) is 39.0 Å². The molecule has 0 aromatic carbocycles. The van der Waals surface area contributed by atoms with Gasteiger partial charge in [-0.3, -0.25) is 10.1 Å². The van der Waals surface area contributed by atoms with Gasteiger partial charge in [0.15, 0.2) is 11.5 Å². The third-order valence-electron chi connectivity index (χ3n) is 3.14. The van der Waals surface area contributed by atoms with Crippen LogP contribution in [0.5, 0.6) is 0 Å². The first-order chi connectivity index (χ1) is 8.72. The van der Waals surface area contributed by atoms with Gasteiger partial charge in [0, 0.05) is 24.1 Å². The highest BCUT2D eigenvalue weighted by Crippen LogP contribution is 2.37. The van der Waals surface area contributed by atoms with Crippen LogP contribution in [0, 0.1) is 10.1 Å². The van der Waals surface area contributed by atoms with Crippen molar-refractivity contribution in [1.82, 2.24) is 4.37 Å². The number of rotatable bonds is 5. The van der Waals surface area contributed by atoms with E-state index in [0.29, 0.717) is 24.1 Å². The zero-order valence-corrected chi connectivity index (χ0v) is 11.3. The van der Waals surface area contributed by atoms with Gasteiger partial charge in [0.1, 0.15) is 0 Å². The van der Waals surface area contributed by atoms with Gasteiger partial charge in [-0.15, -0.1) is 0 Å². The quantitative estimate of drug-likeness (QED) is 0.634. The number of hydrogen-bond acceptors (Lipinski definition) is 6. The maximum atomic E-state index is 10.9. The largest absolute Gasteiger partial charge is 0.376 e. The molecule has 100 valence electrons. The lowest BCUT2D eigenvalue weighted by Crippen LogP contribution is -2.23. The van der Waals surface area contributed by atoms with E-state index in [4.69, 9.17) is 0 Å². The molecular weight excluding hydrogens is 252 g/mol. The number of aromatic nitrogens is 1. The summed E-state index contributed by atoms with van der Waals surface area (Å²) in [5, 5.41) is 17.4. The first kappa shape index (κ1) is 13.1. The molecule has 1 aromatic heterocycles. The van der Waals surface area contributed by atoms with Gasteiger partial charge in [-0.05, 0) is 19.8 Å². The van der Waals surface area contributed by atoms with Crippen LogP contribution in [0.2, 0.25) is 0 Å². The third kappa shape index (κ3) is 2.90. The maximum absolute atomic E-state index is 10.9. The summed E-state index contributed by atoms with van der Waals surface area (Å²) < 4.78 is 4.18. The average molecular weight is 270 g/mol. The molecule has 6 nitrogen and oxygen atoms in total. The van der Waals surface area contributed by atoms with E-state index < -0.39 is 0 Å². The van der Waals surface area contributed by atoms with Crippen LogP contribution >= 0.6 is 11.5 Å². The van der Waals surface area contributed by atoms with Gasteiger partial charge in [-0.1, -0.05) is 19.3 Å². The van der Waals surface area contributed by atoms with Crippen LogP contribution in [0.25, 0.3) is 0 Å². The molecule has 0 spiro atoms. The van der Waals surface area contributed by atoms with Gasteiger partial charge in [-0.2, -0.15) is 4.37 Å². The molecule has 0 unspecified atom stereocenters. The second-order valence-electron chi connectivity index (χ2n) is 4.48. The predicted molar refractivity (Wildman–Crippen MR) is 73.4 cm³/mol. The van der Waals surface area contributed by atoms with Crippen molar-refractivity contribution >= 4 is 28.0 Å². The van der Waals surface area contributed by atoms with Crippen molar-refractivity contribution in [2.45, 2.75) is 45.1 Å². The minimum atomic E-state index is -0.373. The van der Waals surface area contributed by atoms with Crippen molar-refractivity contribution in [1.29, 1.82) is 0 Å². The highest BCUT2D eigenvalue weighted by molar-refractivity contribution is 7.10. The van der Waals surface area contributed by atoms with Crippen molar-refractivity contribution in [3.8, 4) is 0 Å². The van der Waals surface area contributed by atoms with Gasteiger partial charge in [0.25, 0.3) is 0 Å². The molecule has 1 aliphatic rings. The lowest BCUT2D eigenvalue weighted by molar-refractivity contribution is -0.379. The van der Waals surface area contributed by atoms with E-state index in [1.54, 1.807) is 0 Å². The fourth-order valence-corrected chi connectivity index (χ4v) is 2.93. The zero-order chi connectivity index (χ0) is 13.0. The topological polar surface area (TPSA) is 80.1 Å². The molecule has 0 bridgehead atoms. The molecular formula is C11H18N4O2S. The van der Waals surface area contributed by atoms with E-state index in [9.17, 15) is 10.1 Å². The number of nitro groups is 1. The van der Waals surface area contributed by atoms with Crippen LogP contribution < -0.4 is 10.6 Å². The minimum absolute atomic E-state index is 0.0927. The van der Waals surface area contributed by atoms with Crippen LogP contribution in [0.4, 0.5) is 16.5 Å². The van der Waals surface area contributed by atoms with Crippen molar-refractivity contribution < 1.29 is 4.92 Å². The average Bonchev–Trinajstić information content (AvgIpc) is 2.74. The first-order valence-corrected chi connectivity index (χ1v) is 7.14. The van der Waals surface area contributed by atoms with E-state index in [1.807, 2.05) is 6.92 Å². The highest BCUT2D eigenvalue weighted by atomic mass is 32.1. The van der Waals surface area contributed by atoms with Crippen molar-refractivity contribution in [3.05, 3.63) is 10.1 Å². The van der Waals surface area contributed by atoms with Gasteiger partial charge in [0.05, 0.1) is 4.92 Å². The Balaban J connectivity index is 2.13. The smallest absolute Gasteiger partial charge is 0.368 e. The van der Waals surface area contributed by atoms with Crippen molar-refractivity contribution in [2.75, 3.05) is 17.2 Å². The summed E-state index contributed by atoms with van der Waals surface area (Å²) in [6.07, 6.45) is 5.98. The fourth-order valence-electron chi connectivity index (χ4n) is 2.28. The molecule has 1 aromatic rings. The second kappa shape index (κ2) is 5.99. The van der Waals surface area contributed by atoms with Crippen molar-refractivity contribution in [2.24, 2.45) is 0 Å². The molecule has 18 heavy (non-hydrogen) atoms. The van der Waals surface area contributed by atoms with Crippen molar-refractivity contribution in [3.63, 3.8) is 0 Å². The van der Waals surface area contributed by atoms with Crippen LogP contribution in [-0.2, 0) is 0 Å². The minimum Gasteiger partial charge on any atom is -0.376 e. The monoisotopic (exact) mass is 270 g/mol. The summed E-state index contributed by atoms with van der Waals surface area (Å²) >= 11 is 0.939. The summed E-state index contributed by atoms with van der Waals surface area (Å²) in [5.41, 5.74) is 0.540. The Morgan fingerprint density at radius 2 is 2.17 bits per heavy atom. The SMILES string of the molecule is CCNc1c(NC2CCCCC2)nsc1[N+](=O)[O-]. The lowest BCUT2D eigenvalue weighted by Gasteiger charge is -2.23.